The Morgan fingerprint density at radius 2 is 1.85 bits per heavy atom. The second-order valence-corrected chi connectivity index (χ2v) is 11.3. The summed E-state index contributed by atoms with van der Waals surface area (Å²) in [5.74, 6) is 0.767. The first kappa shape index (κ1) is 26.9. The predicted octanol–water partition coefficient (Wildman–Crippen LogP) is 2.75. The molecule has 1 fully saturated rings. The van der Waals surface area contributed by atoms with Gasteiger partial charge in [-0.05, 0) is 23.8 Å². The summed E-state index contributed by atoms with van der Waals surface area (Å²) >= 11 is 0. The monoisotopic (exact) mass is 552 g/mol. The van der Waals surface area contributed by atoms with Gasteiger partial charge in [0.05, 0.1) is 37.4 Å². The Hall–Kier alpha value is -3.67. The number of amides is 1. The number of rotatable bonds is 11. The van der Waals surface area contributed by atoms with Crippen molar-refractivity contribution >= 4 is 15.7 Å². The molecule has 2 aromatic carbocycles. The van der Waals surface area contributed by atoms with Crippen molar-refractivity contribution in [2.45, 2.75) is 24.0 Å². The van der Waals surface area contributed by atoms with E-state index in [2.05, 4.69) is 16.5 Å². The molecule has 2 aliphatic heterocycles. The number of hydrogen-bond donors (Lipinski definition) is 0. The average molecular weight is 553 g/mol. The first-order valence-corrected chi connectivity index (χ1v) is 14.5. The van der Waals surface area contributed by atoms with Crippen molar-refractivity contribution in [1.29, 1.82) is 0 Å². The van der Waals surface area contributed by atoms with Gasteiger partial charge in [-0.15, -0.1) is 6.58 Å². The highest BCUT2D eigenvalue weighted by atomic mass is 32.2. The molecule has 0 spiro atoms. The highest BCUT2D eigenvalue weighted by Gasteiger charge is 2.27. The fraction of sp³-hybridized carbons (Fsp3) is 0.357. The van der Waals surface area contributed by atoms with E-state index >= 15 is 0 Å². The van der Waals surface area contributed by atoms with Gasteiger partial charge in [-0.1, -0.05) is 36.4 Å². The molecule has 0 radical (unpaired) electrons. The van der Waals surface area contributed by atoms with Crippen LogP contribution in [-0.4, -0.2) is 79.9 Å². The van der Waals surface area contributed by atoms with Crippen molar-refractivity contribution < 1.29 is 27.4 Å². The second-order valence-electron chi connectivity index (χ2n) is 9.42. The third-order valence-electron chi connectivity index (χ3n) is 6.74. The van der Waals surface area contributed by atoms with E-state index in [1.54, 1.807) is 58.0 Å². The van der Waals surface area contributed by atoms with Crippen molar-refractivity contribution in [2.75, 3.05) is 46.2 Å². The Labute approximate surface area is 228 Å². The van der Waals surface area contributed by atoms with Crippen LogP contribution in [0.3, 0.4) is 0 Å². The van der Waals surface area contributed by atoms with E-state index in [0.29, 0.717) is 54.6 Å². The summed E-state index contributed by atoms with van der Waals surface area (Å²) in [6.07, 6.45) is 3.17. The van der Waals surface area contributed by atoms with Crippen LogP contribution in [0.4, 0.5) is 0 Å². The lowest BCUT2D eigenvalue weighted by molar-refractivity contribution is 0.0319. The van der Waals surface area contributed by atoms with E-state index in [1.165, 1.54) is 6.20 Å². The molecule has 0 atom stereocenters. The van der Waals surface area contributed by atoms with Crippen LogP contribution < -0.4 is 9.47 Å². The van der Waals surface area contributed by atoms with Crippen molar-refractivity contribution in [3.05, 3.63) is 84.2 Å². The lowest BCUT2D eigenvalue weighted by Crippen LogP contribution is -2.43. The van der Waals surface area contributed by atoms with Gasteiger partial charge < -0.3 is 23.7 Å². The average Bonchev–Trinajstić information content (AvgIpc) is 3.59. The summed E-state index contributed by atoms with van der Waals surface area (Å²) in [5, 5.41) is -0.0371. The Bertz CT molecular complexity index is 1420. The number of carbonyl (C=O) groups excluding carboxylic acids is 1. The molecule has 0 bridgehead atoms. The smallest absolute Gasteiger partial charge is 0.254 e. The molecule has 0 unspecified atom stereocenters. The number of fused-ring (bicyclic) bond motifs is 1. The van der Waals surface area contributed by atoms with E-state index in [9.17, 15) is 13.2 Å². The minimum atomic E-state index is -3.74. The summed E-state index contributed by atoms with van der Waals surface area (Å²) in [4.78, 5) is 22.0. The van der Waals surface area contributed by atoms with E-state index < -0.39 is 9.84 Å². The number of carbonyl (C=O) groups is 1. The SMILES string of the molecule is C=CCn1c(CN(CCN2CCOCC2)C(=O)c2ccc3c(c2)OCO3)cnc1S(=O)(=O)Cc1ccccc1. The highest BCUT2D eigenvalue weighted by molar-refractivity contribution is 7.90. The van der Waals surface area contributed by atoms with Gasteiger partial charge in [0.15, 0.2) is 11.5 Å². The molecule has 39 heavy (non-hydrogen) atoms. The Kier molecular flexibility index (Phi) is 8.30. The molecule has 10 nitrogen and oxygen atoms in total. The van der Waals surface area contributed by atoms with Crippen LogP contribution in [0.1, 0.15) is 21.6 Å². The molecule has 0 aliphatic carbocycles. The summed E-state index contributed by atoms with van der Waals surface area (Å²) in [5.41, 5.74) is 1.75. The second kappa shape index (κ2) is 12.0. The normalized spacial score (nSPS) is 15.3. The molecule has 5 rings (SSSR count). The van der Waals surface area contributed by atoms with Crippen molar-refractivity contribution in [2.24, 2.45) is 0 Å². The number of nitrogens with zero attached hydrogens (tertiary/aromatic N) is 4. The van der Waals surface area contributed by atoms with E-state index in [0.717, 1.165) is 13.1 Å². The number of ether oxygens (including phenoxy) is 3. The third-order valence-corrected chi connectivity index (χ3v) is 8.34. The number of aromatic nitrogens is 2. The molecule has 3 heterocycles. The standard InChI is InChI=1S/C28H32N4O6S/c1-2-10-32-24(18-29-28(32)39(34,35)20-22-6-4-3-5-7-22)19-31(12-11-30-13-15-36-16-14-30)27(33)23-8-9-25-26(17-23)38-21-37-25/h2-9,17-18H,1,10-16,19-21H2. The topological polar surface area (TPSA) is 103 Å². The van der Waals surface area contributed by atoms with Crippen LogP contribution in [0.5, 0.6) is 11.5 Å². The molecule has 1 aromatic heterocycles. The molecule has 206 valence electrons. The van der Waals surface area contributed by atoms with Crippen LogP contribution in [0.25, 0.3) is 0 Å². The summed E-state index contributed by atoms with van der Waals surface area (Å²) in [6.45, 7) is 8.36. The Morgan fingerprint density at radius 3 is 2.62 bits per heavy atom. The molecule has 11 heteroatoms. The van der Waals surface area contributed by atoms with E-state index in [-0.39, 0.29) is 36.7 Å². The third kappa shape index (κ3) is 6.32. The maximum Gasteiger partial charge on any atom is 0.254 e. The quantitative estimate of drug-likeness (QED) is 0.335. The highest BCUT2D eigenvalue weighted by Crippen LogP contribution is 2.33. The molecule has 2 aliphatic rings. The fourth-order valence-corrected chi connectivity index (χ4v) is 6.20. The molecule has 3 aromatic rings. The first-order chi connectivity index (χ1) is 18.9. The minimum Gasteiger partial charge on any atom is -0.454 e. The number of benzene rings is 2. The van der Waals surface area contributed by atoms with E-state index in [4.69, 9.17) is 14.2 Å². The lowest BCUT2D eigenvalue weighted by atomic mass is 10.1. The molecule has 0 saturated carbocycles. The molecule has 1 amide bonds. The number of morpholine rings is 1. The Balaban J connectivity index is 1.42. The van der Waals surface area contributed by atoms with E-state index in [1.807, 2.05) is 6.07 Å². The van der Waals surface area contributed by atoms with Gasteiger partial charge >= 0.3 is 0 Å². The van der Waals surface area contributed by atoms with Crippen molar-refractivity contribution in [3.8, 4) is 11.5 Å². The molecule has 1 saturated heterocycles. The van der Waals surface area contributed by atoms with Gasteiger partial charge in [-0.25, -0.2) is 13.4 Å². The van der Waals surface area contributed by atoms with Crippen LogP contribution in [0, 0.1) is 0 Å². The maximum absolute atomic E-state index is 13.8. The number of imidazole rings is 1. The summed E-state index contributed by atoms with van der Waals surface area (Å²) in [7, 11) is -3.74. The maximum atomic E-state index is 13.8. The molecular weight excluding hydrogens is 520 g/mol. The molecule has 0 N–H and O–H groups in total. The van der Waals surface area contributed by atoms with Gasteiger partial charge in [0.1, 0.15) is 0 Å². The lowest BCUT2D eigenvalue weighted by Gasteiger charge is -2.30. The number of allylic oxidation sites excluding steroid dienone is 1. The van der Waals surface area contributed by atoms with Crippen LogP contribution in [-0.2, 0) is 33.4 Å². The predicted molar refractivity (Wildman–Crippen MR) is 144 cm³/mol. The van der Waals surface area contributed by atoms with Crippen molar-refractivity contribution in [3.63, 3.8) is 0 Å². The molecular formula is C28H32N4O6S. The van der Waals surface area contributed by atoms with Gasteiger partial charge in [-0.3, -0.25) is 9.69 Å². The van der Waals surface area contributed by atoms with Gasteiger partial charge in [0.2, 0.25) is 21.8 Å². The summed E-state index contributed by atoms with van der Waals surface area (Å²) in [6, 6.07) is 14.1. The van der Waals surface area contributed by atoms with Gasteiger partial charge in [-0.2, -0.15) is 0 Å². The zero-order valence-corrected chi connectivity index (χ0v) is 22.5. The van der Waals surface area contributed by atoms with Crippen LogP contribution >= 0.6 is 0 Å². The fourth-order valence-electron chi connectivity index (χ4n) is 4.70. The summed E-state index contributed by atoms with van der Waals surface area (Å²) < 4.78 is 44.6. The first-order valence-electron chi connectivity index (χ1n) is 12.9. The van der Waals surface area contributed by atoms with Gasteiger partial charge in [0.25, 0.3) is 5.91 Å². The van der Waals surface area contributed by atoms with Crippen molar-refractivity contribution in [1.82, 2.24) is 19.4 Å². The zero-order valence-electron chi connectivity index (χ0n) is 21.7. The minimum absolute atomic E-state index is 0.0371. The zero-order chi connectivity index (χ0) is 27.2. The number of hydrogen-bond acceptors (Lipinski definition) is 8. The van der Waals surface area contributed by atoms with Gasteiger partial charge in [0, 0.05) is 38.3 Å². The number of sulfone groups is 1. The van der Waals surface area contributed by atoms with Crippen LogP contribution in [0.15, 0.2) is 72.5 Å². The van der Waals surface area contributed by atoms with Crippen LogP contribution in [0.2, 0.25) is 0 Å². The Morgan fingerprint density at radius 1 is 1.08 bits per heavy atom. The largest absolute Gasteiger partial charge is 0.454 e.